The average molecular weight is 262 g/mol. The monoisotopic (exact) mass is 262 g/mol. The number of fused-ring (bicyclic) bond motifs is 1. The molecular formula is C15H22N2O2. The zero-order chi connectivity index (χ0) is 13.8. The molecular weight excluding hydrogens is 240 g/mol. The summed E-state index contributed by atoms with van der Waals surface area (Å²) >= 11 is 0. The van der Waals surface area contributed by atoms with E-state index in [1.165, 1.54) is 11.3 Å². The van der Waals surface area contributed by atoms with Crippen molar-refractivity contribution in [3.63, 3.8) is 0 Å². The maximum atomic E-state index is 5.49. The van der Waals surface area contributed by atoms with Gasteiger partial charge >= 0.3 is 0 Å². The van der Waals surface area contributed by atoms with Gasteiger partial charge in [0.1, 0.15) is 11.5 Å². The van der Waals surface area contributed by atoms with Gasteiger partial charge in [0.2, 0.25) is 0 Å². The van der Waals surface area contributed by atoms with E-state index in [2.05, 4.69) is 24.1 Å². The molecule has 0 amide bonds. The maximum absolute atomic E-state index is 5.49. The van der Waals surface area contributed by atoms with Crippen molar-refractivity contribution in [2.75, 3.05) is 27.3 Å². The molecule has 0 radical (unpaired) electrons. The van der Waals surface area contributed by atoms with E-state index in [9.17, 15) is 0 Å². The number of aromatic nitrogens is 1. The average Bonchev–Trinajstić information content (AvgIpc) is 2.75. The molecule has 4 heteroatoms. The second-order valence-corrected chi connectivity index (χ2v) is 4.55. The Kier molecular flexibility index (Phi) is 4.32. The van der Waals surface area contributed by atoms with Crippen molar-refractivity contribution in [2.45, 2.75) is 20.3 Å². The normalized spacial score (nSPS) is 10.9. The Morgan fingerprint density at radius 1 is 1.16 bits per heavy atom. The minimum absolute atomic E-state index is 0.855. The number of rotatable bonds is 6. The van der Waals surface area contributed by atoms with Crippen molar-refractivity contribution < 1.29 is 9.47 Å². The lowest BCUT2D eigenvalue weighted by Crippen LogP contribution is -2.16. The number of benzene rings is 1. The standard InChI is InChI=1S/C15H22N2O2/c1-5-16-9-8-11-10(2)17-15-13(19-4)7-6-12(18-3)14(11)15/h6-7,16-17H,5,8-9H2,1-4H3. The van der Waals surface area contributed by atoms with E-state index in [1.54, 1.807) is 14.2 Å². The lowest BCUT2D eigenvalue weighted by Gasteiger charge is -2.08. The van der Waals surface area contributed by atoms with Crippen LogP contribution in [0.15, 0.2) is 12.1 Å². The van der Waals surface area contributed by atoms with Crippen LogP contribution in [0, 0.1) is 6.92 Å². The second-order valence-electron chi connectivity index (χ2n) is 4.55. The number of aryl methyl sites for hydroxylation is 1. The predicted octanol–water partition coefficient (Wildman–Crippen LogP) is 2.65. The minimum atomic E-state index is 0.855. The Balaban J connectivity index is 2.52. The van der Waals surface area contributed by atoms with E-state index in [1.807, 2.05) is 12.1 Å². The number of hydrogen-bond acceptors (Lipinski definition) is 3. The van der Waals surface area contributed by atoms with Gasteiger partial charge in [-0.2, -0.15) is 0 Å². The third-order valence-corrected chi connectivity index (χ3v) is 3.44. The van der Waals surface area contributed by atoms with Crippen LogP contribution in [-0.2, 0) is 6.42 Å². The van der Waals surface area contributed by atoms with Gasteiger partial charge in [0, 0.05) is 11.1 Å². The number of nitrogens with one attached hydrogen (secondary N) is 2. The summed E-state index contributed by atoms with van der Waals surface area (Å²) in [6.45, 7) is 6.17. The van der Waals surface area contributed by atoms with E-state index in [0.717, 1.165) is 41.9 Å². The molecule has 0 aliphatic rings. The lowest BCUT2D eigenvalue weighted by atomic mass is 10.1. The topological polar surface area (TPSA) is 46.3 Å². The van der Waals surface area contributed by atoms with Crippen molar-refractivity contribution >= 4 is 10.9 Å². The van der Waals surface area contributed by atoms with Crippen molar-refractivity contribution in [1.29, 1.82) is 0 Å². The number of likely N-dealkylation sites (N-methyl/N-ethyl adjacent to an activating group) is 1. The zero-order valence-electron chi connectivity index (χ0n) is 12.1. The summed E-state index contributed by atoms with van der Waals surface area (Å²) in [5.74, 6) is 1.75. The number of H-pyrrole nitrogens is 1. The highest BCUT2D eigenvalue weighted by Crippen LogP contribution is 2.36. The molecule has 1 aromatic heterocycles. The fraction of sp³-hybridized carbons (Fsp3) is 0.467. The summed E-state index contributed by atoms with van der Waals surface area (Å²) in [7, 11) is 3.40. The van der Waals surface area contributed by atoms with Gasteiger partial charge in [-0.1, -0.05) is 6.92 Å². The van der Waals surface area contributed by atoms with Crippen LogP contribution < -0.4 is 14.8 Å². The number of ether oxygens (including phenoxy) is 2. The molecule has 4 nitrogen and oxygen atoms in total. The van der Waals surface area contributed by atoms with Crippen LogP contribution in [0.1, 0.15) is 18.2 Å². The third kappa shape index (κ3) is 2.54. The largest absolute Gasteiger partial charge is 0.496 e. The molecule has 0 fully saturated rings. The van der Waals surface area contributed by atoms with E-state index in [-0.39, 0.29) is 0 Å². The maximum Gasteiger partial charge on any atom is 0.143 e. The molecule has 0 aliphatic carbocycles. The van der Waals surface area contributed by atoms with E-state index in [4.69, 9.17) is 9.47 Å². The minimum Gasteiger partial charge on any atom is -0.496 e. The van der Waals surface area contributed by atoms with Gasteiger partial charge in [0.15, 0.2) is 0 Å². The van der Waals surface area contributed by atoms with E-state index < -0.39 is 0 Å². The summed E-state index contributed by atoms with van der Waals surface area (Å²) in [5, 5.41) is 4.49. The molecule has 0 unspecified atom stereocenters. The molecule has 2 rings (SSSR count). The quantitative estimate of drug-likeness (QED) is 0.787. The first-order valence-electron chi connectivity index (χ1n) is 6.65. The van der Waals surface area contributed by atoms with Gasteiger partial charge < -0.3 is 19.8 Å². The zero-order valence-corrected chi connectivity index (χ0v) is 12.1. The van der Waals surface area contributed by atoms with E-state index in [0.29, 0.717) is 0 Å². The Morgan fingerprint density at radius 2 is 1.84 bits per heavy atom. The molecule has 1 aromatic carbocycles. The fourth-order valence-electron chi connectivity index (χ4n) is 2.48. The molecule has 2 aromatic rings. The molecule has 0 spiro atoms. The van der Waals surface area contributed by atoms with Crippen LogP contribution >= 0.6 is 0 Å². The summed E-state index contributed by atoms with van der Waals surface area (Å²) in [4.78, 5) is 3.42. The lowest BCUT2D eigenvalue weighted by molar-refractivity contribution is 0.410. The Labute approximate surface area is 114 Å². The molecule has 0 saturated heterocycles. The molecule has 0 bridgehead atoms. The SMILES string of the molecule is CCNCCc1c(C)[nH]c2c(OC)ccc(OC)c12. The van der Waals surface area contributed by atoms with Gasteiger partial charge in [-0.3, -0.25) is 0 Å². The van der Waals surface area contributed by atoms with Crippen molar-refractivity contribution in [1.82, 2.24) is 10.3 Å². The van der Waals surface area contributed by atoms with Gasteiger partial charge in [-0.05, 0) is 44.1 Å². The first-order valence-corrected chi connectivity index (χ1v) is 6.65. The van der Waals surface area contributed by atoms with Crippen LogP contribution in [0.5, 0.6) is 11.5 Å². The van der Waals surface area contributed by atoms with Crippen molar-refractivity contribution in [3.05, 3.63) is 23.4 Å². The Bertz CT molecular complexity index is 561. The fourth-order valence-corrected chi connectivity index (χ4v) is 2.48. The molecule has 0 saturated carbocycles. The van der Waals surface area contributed by atoms with Gasteiger partial charge in [-0.25, -0.2) is 0 Å². The second kappa shape index (κ2) is 5.97. The summed E-state index contributed by atoms with van der Waals surface area (Å²) < 4.78 is 10.9. The molecule has 104 valence electrons. The highest BCUT2D eigenvalue weighted by molar-refractivity contribution is 5.94. The summed E-state index contributed by atoms with van der Waals surface area (Å²) in [6, 6.07) is 3.90. The number of hydrogen-bond donors (Lipinski definition) is 2. The van der Waals surface area contributed by atoms with Gasteiger partial charge in [0.05, 0.1) is 19.7 Å². The number of methoxy groups -OCH3 is 2. The Hall–Kier alpha value is -1.68. The molecule has 0 atom stereocenters. The Morgan fingerprint density at radius 3 is 2.47 bits per heavy atom. The van der Waals surface area contributed by atoms with Gasteiger partial charge in [-0.15, -0.1) is 0 Å². The molecule has 0 aliphatic heterocycles. The van der Waals surface area contributed by atoms with Gasteiger partial charge in [0.25, 0.3) is 0 Å². The van der Waals surface area contributed by atoms with Crippen LogP contribution in [-0.4, -0.2) is 32.3 Å². The molecule has 2 N–H and O–H groups in total. The molecule has 19 heavy (non-hydrogen) atoms. The molecule has 1 heterocycles. The number of aromatic amines is 1. The van der Waals surface area contributed by atoms with Crippen LogP contribution in [0.3, 0.4) is 0 Å². The summed E-state index contributed by atoms with van der Waals surface area (Å²) in [5.41, 5.74) is 3.49. The summed E-state index contributed by atoms with van der Waals surface area (Å²) in [6.07, 6.45) is 0.975. The van der Waals surface area contributed by atoms with Crippen LogP contribution in [0.2, 0.25) is 0 Å². The van der Waals surface area contributed by atoms with Crippen LogP contribution in [0.25, 0.3) is 10.9 Å². The van der Waals surface area contributed by atoms with Crippen molar-refractivity contribution in [3.8, 4) is 11.5 Å². The smallest absolute Gasteiger partial charge is 0.143 e. The van der Waals surface area contributed by atoms with E-state index >= 15 is 0 Å². The first-order chi connectivity index (χ1) is 9.22. The predicted molar refractivity (Wildman–Crippen MR) is 78.4 cm³/mol. The highest BCUT2D eigenvalue weighted by atomic mass is 16.5. The van der Waals surface area contributed by atoms with Crippen molar-refractivity contribution in [2.24, 2.45) is 0 Å². The first kappa shape index (κ1) is 13.7. The highest BCUT2D eigenvalue weighted by Gasteiger charge is 2.16. The third-order valence-electron chi connectivity index (χ3n) is 3.44. The van der Waals surface area contributed by atoms with Crippen LogP contribution in [0.4, 0.5) is 0 Å².